The van der Waals surface area contributed by atoms with Crippen LogP contribution < -0.4 is 5.73 Å². The minimum absolute atomic E-state index is 0.0175. The molecule has 1 unspecified atom stereocenters. The van der Waals surface area contributed by atoms with Gasteiger partial charge in [-0.1, -0.05) is 0 Å². The lowest BCUT2D eigenvalue weighted by atomic mass is 10.3. The lowest BCUT2D eigenvalue weighted by Gasteiger charge is -2.16. The van der Waals surface area contributed by atoms with E-state index in [4.69, 9.17) is 10.5 Å². The topological polar surface area (TPSA) is 85.5 Å². The zero-order valence-electron chi connectivity index (χ0n) is 10.2. The first-order valence-electron chi connectivity index (χ1n) is 5.76. The van der Waals surface area contributed by atoms with Crippen molar-refractivity contribution in [2.45, 2.75) is 24.0 Å². The second-order valence-corrected chi connectivity index (χ2v) is 6.14. The van der Waals surface area contributed by atoms with Gasteiger partial charge in [-0.25, -0.2) is 8.42 Å². The first-order valence-corrected chi connectivity index (χ1v) is 7.20. The van der Waals surface area contributed by atoms with Gasteiger partial charge in [-0.3, -0.25) is 4.98 Å². The zero-order valence-corrected chi connectivity index (χ0v) is 11.1. The number of ether oxygens (including phenoxy) is 1. The molecule has 1 saturated heterocycles. The van der Waals surface area contributed by atoms with E-state index < -0.39 is 10.0 Å². The number of hydrogen-bond acceptors (Lipinski definition) is 5. The molecule has 2 rings (SSSR count). The molecule has 100 valence electrons. The van der Waals surface area contributed by atoms with Crippen molar-refractivity contribution in [2.24, 2.45) is 5.73 Å². The minimum Gasteiger partial charge on any atom is -0.380 e. The standard InChI is InChI=1S/C11H17N3O3S/c1-17-10-4-5-14(8-10)18(15,16)11-3-2-9(6-12)13-7-11/h2-3,7,10H,4-6,8,12H2,1H3. The third kappa shape index (κ3) is 2.54. The summed E-state index contributed by atoms with van der Waals surface area (Å²) < 4.78 is 31.2. The average Bonchev–Trinajstić information content (AvgIpc) is 2.88. The fourth-order valence-corrected chi connectivity index (χ4v) is 3.37. The van der Waals surface area contributed by atoms with E-state index >= 15 is 0 Å². The van der Waals surface area contributed by atoms with Gasteiger partial charge >= 0.3 is 0 Å². The van der Waals surface area contributed by atoms with Gasteiger partial charge < -0.3 is 10.5 Å². The van der Waals surface area contributed by atoms with E-state index in [1.54, 1.807) is 19.2 Å². The molecule has 1 aliphatic rings. The maximum Gasteiger partial charge on any atom is 0.244 e. The molecule has 1 aromatic heterocycles. The lowest BCUT2D eigenvalue weighted by molar-refractivity contribution is 0.115. The van der Waals surface area contributed by atoms with Crippen LogP contribution in [0.3, 0.4) is 0 Å². The summed E-state index contributed by atoms with van der Waals surface area (Å²) in [5, 5.41) is 0. The molecule has 0 amide bonds. The van der Waals surface area contributed by atoms with Crippen LogP contribution in [0.25, 0.3) is 0 Å². The Morgan fingerprint density at radius 2 is 2.33 bits per heavy atom. The largest absolute Gasteiger partial charge is 0.380 e. The molecular formula is C11H17N3O3S. The van der Waals surface area contributed by atoms with Crippen LogP contribution in [0.2, 0.25) is 0 Å². The molecule has 0 aromatic carbocycles. The Hall–Kier alpha value is -1.02. The number of methoxy groups -OCH3 is 1. The highest BCUT2D eigenvalue weighted by Gasteiger charge is 2.32. The van der Waals surface area contributed by atoms with E-state index in [-0.39, 0.29) is 11.0 Å². The van der Waals surface area contributed by atoms with Gasteiger partial charge in [0.05, 0.1) is 11.8 Å². The van der Waals surface area contributed by atoms with Crippen molar-refractivity contribution in [3.63, 3.8) is 0 Å². The second kappa shape index (κ2) is 5.31. The first-order chi connectivity index (χ1) is 8.57. The van der Waals surface area contributed by atoms with Crippen LogP contribution in [0, 0.1) is 0 Å². The number of aromatic nitrogens is 1. The molecular weight excluding hydrogens is 254 g/mol. The highest BCUT2D eigenvalue weighted by atomic mass is 32.2. The van der Waals surface area contributed by atoms with Gasteiger partial charge in [0.2, 0.25) is 10.0 Å². The molecule has 0 radical (unpaired) electrons. The van der Waals surface area contributed by atoms with Crippen molar-refractivity contribution >= 4 is 10.0 Å². The van der Waals surface area contributed by atoms with Crippen molar-refractivity contribution in [3.05, 3.63) is 24.0 Å². The molecule has 7 heteroatoms. The van der Waals surface area contributed by atoms with Crippen LogP contribution in [-0.4, -0.2) is 44.0 Å². The van der Waals surface area contributed by atoms with E-state index in [1.807, 2.05) is 0 Å². The second-order valence-electron chi connectivity index (χ2n) is 4.20. The first kappa shape index (κ1) is 13.4. The molecule has 0 spiro atoms. The molecule has 6 nitrogen and oxygen atoms in total. The molecule has 2 heterocycles. The molecule has 1 atom stereocenters. The highest BCUT2D eigenvalue weighted by molar-refractivity contribution is 7.89. The van der Waals surface area contributed by atoms with Gasteiger partial charge in [0.15, 0.2) is 0 Å². The Morgan fingerprint density at radius 3 is 2.83 bits per heavy atom. The van der Waals surface area contributed by atoms with Crippen molar-refractivity contribution < 1.29 is 13.2 Å². The summed E-state index contributed by atoms with van der Waals surface area (Å²) in [6.45, 7) is 1.19. The summed E-state index contributed by atoms with van der Waals surface area (Å²) in [4.78, 5) is 4.22. The predicted octanol–water partition coefficient (Wildman–Crippen LogP) is -0.0503. The fourth-order valence-electron chi connectivity index (χ4n) is 1.94. The Bertz CT molecular complexity index is 501. The molecule has 18 heavy (non-hydrogen) atoms. The number of pyridine rings is 1. The van der Waals surface area contributed by atoms with Gasteiger partial charge in [-0.05, 0) is 18.6 Å². The summed E-state index contributed by atoms with van der Waals surface area (Å²) >= 11 is 0. The van der Waals surface area contributed by atoms with Gasteiger partial charge in [-0.2, -0.15) is 4.31 Å². The highest BCUT2D eigenvalue weighted by Crippen LogP contribution is 2.21. The minimum atomic E-state index is -3.46. The van der Waals surface area contributed by atoms with Crippen molar-refractivity contribution in [1.29, 1.82) is 0 Å². The van der Waals surface area contributed by atoms with Crippen molar-refractivity contribution in [3.8, 4) is 0 Å². The molecule has 1 aliphatic heterocycles. The number of nitrogens with zero attached hydrogens (tertiary/aromatic N) is 2. The predicted molar refractivity (Wildman–Crippen MR) is 66.3 cm³/mol. The van der Waals surface area contributed by atoms with E-state index in [0.717, 1.165) is 6.42 Å². The maximum absolute atomic E-state index is 12.3. The van der Waals surface area contributed by atoms with Crippen molar-refractivity contribution in [2.75, 3.05) is 20.2 Å². The number of hydrogen-bond donors (Lipinski definition) is 1. The third-order valence-corrected chi connectivity index (χ3v) is 4.93. The van der Waals surface area contributed by atoms with E-state index in [2.05, 4.69) is 4.98 Å². The van der Waals surface area contributed by atoms with E-state index in [1.165, 1.54) is 10.5 Å². The number of rotatable bonds is 4. The van der Waals surface area contributed by atoms with Gasteiger partial charge in [0.25, 0.3) is 0 Å². The van der Waals surface area contributed by atoms with Crippen molar-refractivity contribution in [1.82, 2.24) is 9.29 Å². The zero-order chi connectivity index (χ0) is 13.2. The fraction of sp³-hybridized carbons (Fsp3) is 0.545. The molecule has 2 N–H and O–H groups in total. The average molecular weight is 271 g/mol. The number of sulfonamides is 1. The Labute approximate surface area is 107 Å². The summed E-state index contributed by atoms with van der Waals surface area (Å²) in [6, 6.07) is 3.18. The quantitative estimate of drug-likeness (QED) is 0.830. The Morgan fingerprint density at radius 1 is 1.56 bits per heavy atom. The van der Waals surface area contributed by atoms with Crippen LogP contribution in [-0.2, 0) is 21.3 Å². The van der Waals surface area contributed by atoms with E-state index in [0.29, 0.717) is 25.3 Å². The van der Waals surface area contributed by atoms with Crippen LogP contribution >= 0.6 is 0 Å². The Balaban J connectivity index is 2.20. The molecule has 1 aromatic rings. The normalized spacial score (nSPS) is 21.3. The molecule has 0 aliphatic carbocycles. The smallest absolute Gasteiger partial charge is 0.244 e. The molecule has 0 saturated carbocycles. The van der Waals surface area contributed by atoms with Crippen LogP contribution in [0.5, 0.6) is 0 Å². The lowest BCUT2D eigenvalue weighted by Crippen LogP contribution is -2.30. The number of nitrogens with two attached hydrogens (primary N) is 1. The third-order valence-electron chi connectivity index (χ3n) is 3.09. The van der Waals surface area contributed by atoms with Crippen LogP contribution in [0.4, 0.5) is 0 Å². The van der Waals surface area contributed by atoms with Gasteiger partial charge in [0, 0.05) is 32.9 Å². The monoisotopic (exact) mass is 271 g/mol. The van der Waals surface area contributed by atoms with Gasteiger partial charge in [0.1, 0.15) is 4.90 Å². The van der Waals surface area contributed by atoms with Crippen LogP contribution in [0.15, 0.2) is 23.2 Å². The van der Waals surface area contributed by atoms with Gasteiger partial charge in [-0.15, -0.1) is 0 Å². The summed E-state index contributed by atoms with van der Waals surface area (Å²) in [5.41, 5.74) is 6.10. The summed E-state index contributed by atoms with van der Waals surface area (Å²) in [6.07, 6.45) is 2.07. The molecule has 0 bridgehead atoms. The Kier molecular flexibility index (Phi) is 3.96. The maximum atomic E-state index is 12.3. The summed E-state index contributed by atoms with van der Waals surface area (Å²) in [7, 11) is -1.86. The van der Waals surface area contributed by atoms with Crippen LogP contribution in [0.1, 0.15) is 12.1 Å². The summed E-state index contributed by atoms with van der Waals surface area (Å²) in [5.74, 6) is 0. The molecule has 1 fully saturated rings. The van der Waals surface area contributed by atoms with E-state index in [9.17, 15) is 8.42 Å². The SMILES string of the molecule is COC1CCN(S(=O)(=O)c2ccc(CN)nc2)C1.